The number of hydrogen-bond donors (Lipinski definition) is 2. The standard InChI is InChI=1S/C17H20N4O2/c1-4-11-18-17(22)14-9-10-16(21-20-14)19-13-7-5-6-8-15(13)23-12(2)3/h4-10,12H,1,11H2,2-3H3,(H,18,22)(H,19,21). The van der Waals surface area contributed by atoms with Gasteiger partial charge in [-0.15, -0.1) is 16.8 Å². The molecule has 0 saturated carbocycles. The zero-order chi connectivity index (χ0) is 16.7. The Morgan fingerprint density at radius 2 is 2.04 bits per heavy atom. The zero-order valence-corrected chi connectivity index (χ0v) is 13.2. The summed E-state index contributed by atoms with van der Waals surface area (Å²) < 4.78 is 5.74. The van der Waals surface area contributed by atoms with Gasteiger partial charge in [0.15, 0.2) is 11.5 Å². The number of benzene rings is 1. The lowest BCUT2D eigenvalue weighted by Gasteiger charge is -2.14. The molecular weight excluding hydrogens is 292 g/mol. The molecular formula is C17H20N4O2. The van der Waals surface area contributed by atoms with Crippen LogP contribution < -0.4 is 15.4 Å². The van der Waals surface area contributed by atoms with E-state index in [2.05, 4.69) is 27.4 Å². The lowest BCUT2D eigenvalue weighted by Crippen LogP contribution is -2.24. The van der Waals surface area contributed by atoms with E-state index in [1.54, 1.807) is 18.2 Å². The van der Waals surface area contributed by atoms with Gasteiger partial charge in [-0.05, 0) is 38.1 Å². The van der Waals surface area contributed by atoms with Gasteiger partial charge in [0.05, 0.1) is 11.8 Å². The van der Waals surface area contributed by atoms with Gasteiger partial charge in [-0.2, -0.15) is 0 Å². The third-order valence-corrected chi connectivity index (χ3v) is 2.82. The quantitative estimate of drug-likeness (QED) is 0.769. The molecule has 6 heteroatoms. The van der Waals surface area contributed by atoms with E-state index < -0.39 is 0 Å². The van der Waals surface area contributed by atoms with E-state index in [9.17, 15) is 4.79 Å². The third kappa shape index (κ3) is 4.81. The number of carbonyl (C=O) groups excluding carboxylic acids is 1. The van der Waals surface area contributed by atoms with Crippen LogP contribution in [0.2, 0.25) is 0 Å². The van der Waals surface area contributed by atoms with Crippen LogP contribution in [0.3, 0.4) is 0 Å². The van der Waals surface area contributed by atoms with Crippen LogP contribution in [0.25, 0.3) is 0 Å². The monoisotopic (exact) mass is 312 g/mol. The summed E-state index contributed by atoms with van der Waals surface area (Å²) in [6.07, 6.45) is 1.67. The van der Waals surface area contributed by atoms with Crippen molar-refractivity contribution < 1.29 is 9.53 Å². The molecule has 2 N–H and O–H groups in total. The number of amides is 1. The first-order valence-corrected chi connectivity index (χ1v) is 7.35. The van der Waals surface area contributed by atoms with Crippen molar-refractivity contribution in [3.05, 3.63) is 54.7 Å². The van der Waals surface area contributed by atoms with Crippen LogP contribution in [-0.2, 0) is 0 Å². The number of hydrogen-bond acceptors (Lipinski definition) is 5. The first-order valence-electron chi connectivity index (χ1n) is 7.35. The van der Waals surface area contributed by atoms with Crippen molar-refractivity contribution >= 4 is 17.4 Å². The number of ether oxygens (including phenoxy) is 1. The summed E-state index contributed by atoms with van der Waals surface area (Å²) in [5.41, 5.74) is 1.04. The fraction of sp³-hybridized carbons (Fsp3) is 0.235. The van der Waals surface area contributed by atoms with Gasteiger partial charge in [-0.3, -0.25) is 4.79 Å². The molecule has 2 aromatic rings. The van der Waals surface area contributed by atoms with E-state index in [-0.39, 0.29) is 17.7 Å². The van der Waals surface area contributed by atoms with Gasteiger partial charge in [-0.1, -0.05) is 18.2 Å². The summed E-state index contributed by atoms with van der Waals surface area (Å²) in [7, 11) is 0. The summed E-state index contributed by atoms with van der Waals surface area (Å²) in [6, 6.07) is 10.9. The van der Waals surface area contributed by atoms with E-state index >= 15 is 0 Å². The Morgan fingerprint density at radius 1 is 1.26 bits per heavy atom. The van der Waals surface area contributed by atoms with Crippen LogP contribution in [0.1, 0.15) is 24.3 Å². The Hall–Kier alpha value is -2.89. The molecule has 2 rings (SSSR count). The van der Waals surface area contributed by atoms with Gasteiger partial charge >= 0.3 is 0 Å². The van der Waals surface area contributed by atoms with E-state index in [1.807, 2.05) is 38.1 Å². The second-order valence-electron chi connectivity index (χ2n) is 5.09. The van der Waals surface area contributed by atoms with Crippen molar-refractivity contribution in [2.24, 2.45) is 0 Å². The molecule has 0 aliphatic heterocycles. The van der Waals surface area contributed by atoms with Gasteiger partial charge in [0.25, 0.3) is 5.91 Å². The van der Waals surface area contributed by atoms with Crippen LogP contribution in [0.4, 0.5) is 11.5 Å². The van der Waals surface area contributed by atoms with Crippen molar-refractivity contribution in [1.29, 1.82) is 0 Å². The van der Waals surface area contributed by atoms with E-state index in [0.29, 0.717) is 12.4 Å². The Labute approximate surface area is 135 Å². The lowest BCUT2D eigenvalue weighted by atomic mass is 10.3. The molecule has 0 aliphatic rings. The highest BCUT2D eigenvalue weighted by Gasteiger charge is 2.09. The lowest BCUT2D eigenvalue weighted by molar-refractivity contribution is 0.0952. The molecule has 1 aromatic carbocycles. The molecule has 23 heavy (non-hydrogen) atoms. The number of carbonyl (C=O) groups is 1. The highest BCUT2D eigenvalue weighted by atomic mass is 16.5. The minimum Gasteiger partial charge on any atom is -0.489 e. The molecule has 1 heterocycles. The molecule has 120 valence electrons. The molecule has 1 amide bonds. The topological polar surface area (TPSA) is 76.1 Å². The maximum atomic E-state index is 11.7. The summed E-state index contributed by atoms with van der Waals surface area (Å²) in [4.78, 5) is 11.7. The summed E-state index contributed by atoms with van der Waals surface area (Å²) in [5.74, 6) is 0.981. The Kier molecular flexibility index (Phi) is 5.68. The van der Waals surface area contributed by atoms with Gasteiger partial charge in [0, 0.05) is 6.54 Å². The van der Waals surface area contributed by atoms with Crippen LogP contribution in [0, 0.1) is 0 Å². The third-order valence-electron chi connectivity index (χ3n) is 2.82. The summed E-state index contributed by atoms with van der Waals surface area (Å²) in [5, 5.41) is 13.7. The van der Waals surface area contributed by atoms with Crippen molar-refractivity contribution in [3.8, 4) is 5.75 Å². The highest BCUT2D eigenvalue weighted by Crippen LogP contribution is 2.27. The smallest absolute Gasteiger partial charge is 0.272 e. The van der Waals surface area contributed by atoms with Gasteiger partial charge in [0.1, 0.15) is 5.75 Å². The van der Waals surface area contributed by atoms with Crippen LogP contribution in [-0.4, -0.2) is 28.8 Å². The Balaban J connectivity index is 2.09. The highest BCUT2D eigenvalue weighted by molar-refractivity contribution is 5.92. The van der Waals surface area contributed by atoms with E-state index in [4.69, 9.17) is 4.74 Å². The predicted octanol–water partition coefficient (Wildman–Crippen LogP) is 2.92. The minimum atomic E-state index is -0.285. The second-order valence-corrected chi connectivity index (χ2v) is 5.09. The largest absolute Gasteiger partial charge is 0.489 e. The first kappa shape index (κ1) is 16.5. The molecule has 0 fully saturated rings. The number of rotatable bonds is 7. The van der Waals surface area contributed by atoms with Crippen molar-refractivity contribution in [1.82, 2.24) is 15.5 Å². The SMILES string of the molecule is C=CCNC(=O)c1ccc(Nc2ccccc2OC(C)C)nn1. The number of nitrogens with one attached hydrogen (secondary N) is 2. The molecule has 0 saturated heterocycles. The molecule has 0 unspecified atom stereocenters. The summed E-state index contributed by atoms with van der Waals surface area (Å²) >= 11 is 0. The normalized spacial score (nSPS) is 10.2. The molecule has 0 atom stereocenters. The fourth-order valence-corrected chi connectivity index (χ4v) is 1.84. The van der Waals surface area contributed by atoms with Crippen molar-refractivity contribution in [3.63, 3.8) is 0 Å². The molecule has 0 bridgehead atoms. The zero-order valence-electron chi connectivity index (χ0n) is 13.2. The van der Waals surface area contributed by atoms with E-state index in [0.717, 1.165) is 11.4 Å². The Bertz CT molecular complexity index is 669. The molecule has 0 spiro atoms. The fourth-order valence-electron chi connectivity index (χ4n) is 1.84. The molecule has 6 nitrogen and oxygen atoms in total. The van der Waals surface area contributed by atoms with Crippen LogP contribution >= 0.6 is 0 Å². The van der Waals surface area contributed by atoms with Gasteiger partial charge in [-0.25, -0.2) is 0 Å². The maximum absolute atomic E-state index is 11.7. The number of aromatic nitrogens is 2. The second kappa shape index (κ2) is 7.93. The minimum absolute atomic E-state index is 0.0694. The average Bonchev–Trinajstić information content (AvgIpc) is 2.54. The molecule has 0 aliphatic carbocycles. The maximum Gasteiger partial charge on any atom is 0.272 e. The number of para-hydroxylation sites is 2. The van der Waals surface area contributed by atoms with Gasteiger partial charge in [0.2, 0.25) is 0 Å². The summed E-state index contributed by atoms with van der Waals surface area (Å²) in [6.45, 7) is 7.86. The number of nitrogens with zero attached hydrogens (tertiary/aromatic N) is 2. The van der Waals surface area contributed by atoms with E-state index in [1.165, 1.54) is 0 Å². The first-order chi connectivity index (χ1) is 11.1. The van der Waals surface area contributed by atoms with Gasteiger partial charge < -0.3 is 15.4 Å². The molecule has 0 radical (unpaired) electrons. The number of anilines is 2. The average molecular weight is 312 g/mol. The predicted molar refractivity (Wildman–Crippen MR) is 90.1 cm³/mol. The Morgan fingerprint density at radius 3 is 2.70 bits per heavy atom. The molecule has 1 aromatic heterocycles. The van der Waals surface area contributed by atoms with Crippen molar-refractivity contribution in [2.75, 3.05) is 11.9 Å². The van der Waals surface area contributed by atoms with Crippen LogP contribution in [0.5, 0.6) is 5.75 Å². The van der Waals surface area contributed by atoms with Crippen molar-refractivity contribution in [2.45, 2.75) is 20.0 Å². The van der Waals surface area contributed by atoms with Crippen LogP contribution in [0.15, 0.2) is 49.1 Å².